The molecule has 0 bridgehead atoms. The summed E-state index contributed by atoms with van der Waals surface area (Å²) >= 11 is 0. The zero-order chi connectivity index (χ0) is 19.8. The first-order valence-corrected chi connectivity index (χ1v) is 11.2. The van der Waals surface area contributed by atoms with Gasteiger partial charge in [-0.05, 0) is 47.0 Å². The fourth-order valence-electron chi connectivity index (χ4n) is 1.90. The molecule has 0 aliphatic heterocycles. The van der Waals surface area contributed by atoms with Crippen molar-refractivity contribution in [2.75, 3.05) is 26.4 Å². The van der Waals surface area contributed by atoms with Crippen LogP contribution in [0.3, 0.4) is 0 Å². The maximum Gasteiger partial charge on any atom is 0.400 e. The molecular weight excluding hydrogens is 374 g/mol. The van der Waals surface area contributed by atoms with Crippen LogP contribution in [0.15, 0.2) is 0 Å². The lowest BCUT2D eigenvalue weighted by Gasteiger charge is -2.26. The zero-order valence-electron chi connectivity index (χ0n) is 15.3. The van der Waals surface area contributed by atoms with Crippen LogP contribution < -0.4 is 11.0 Å². The molecule has 0 aromatic heterocycles. The van der Waals surface area contributed by atoms with Gasteiger partial charge in [-0.1, -0.05) is 0 Å². The van der Waals surface area contributed by atoms with Gasteiger partial charge < -0.3 is 19.3 Å². The van der Waals surface area contributed by atoms with E-state index in [1.807, 2.05) is 0 Å². The first-order chi connectivity index (χ1) is 11.1. The van der Waals surface area contributed by atoms with Crippen LogP contribution >= 0.6 is 15.5 Å². The van der Waals surface area contributed by atoms with E-state index in [4.69, 9.17) is 39.3 Å². The van der Waals surface area contributed by atoms with E-state index in [1.54, 1.807) is 27.7 Å². The summed E-state index contributed by atoms with van der Waals surface area (Å²) in [6, 6.07) is 0. The monoisotopic (exact) mass is 406 g/mol. The van der Waals surface area contributed by atoms with E-state index in [0.29, 0.717) is 45.7 Å². The molecule has 0 heterocycles. The minimum Gasteiger partial charge on any atom is -0.381 e. The summed E-state index contributed by atoms with van der Waals surface area (Å²) < 4.78 is 42.6. The lowest BCUT2D eigenvalue weighted by Crippen LogP contribution is -2.27. The SMILES string of the molecule is CC(C)(CCOCCCOCCC(C)(C)OP(N)(=O)O)OP(N)(=O)O. The molecule has 0 amide bonds. The fourth-order valence-corrected chi connectivity index (χ4v) is 3.50. The normalized spacial score (nSPS) is 17.9. The average molecular weight is 406 g/mol. The van der Waals surface area contributed by atoms with Crippen molar-refractivity contribution in [1.29, 1.82) is 0 Å². The number of ether oxygens (including phenoxy) is 2. The number of hydrogen-bond acceptors (Lipinski definition) is 6. The first-order valence-electron chi connectivity index (χ1n) is 7.92. The molecule has 0 aromatic rings. The van der Waals surface area contributed by atoms with Crippen LogP contribution in [-0.2, 0) is 27.7 Å². The van der Waals surface area contributed by atoms with Crippen molar-refractivity contribution < 1.29 is 37.4 Å². The molecule has 0 saturated carbocycles. The molecule has 2 atom stereocenters. The molecular formula is C13H32N2O8P2. The van der Waals surface area contributed by atoms with Gasteiger partial charge in [0.25, 0.3) is 0 Å². The molecule has 12 heteroatoms. The van der Waals surface area contributed by atoms with E-state index >= 15 is 0 Å². The van der Waals surface area contributed by atoms with Crippen molar-refractivity contribution in [1.82, 2.24) is 0 Å². The third-order valence-electron chi connectivity index (χ3n) is 3.03. The van der Waals surface area contributed by atoms with Gasteiger partial charge in [0, 0.05) is 26.4 Å². The van der Waals surface area contributed by atoms with Gasteiger partial charge in [-0.2, -0.15) is 0 Å². The third kappa shape index (κ3) is 17.3. The Balaban J connectivity index is 3.69. The molecule has 0 saturated heterocycles. The quantitative estimate of drug-likeness (QED) is 0.247. The Morgan fingerprint density at radius 1 is 0.760 bits per heavy atom. The second-order valence-corrected chi connectivity index (χ2v) is 9.53. The molecule has 0 spiro atoms. The van der Waals surface area contributed by atoms with Gasteiger partial charge in [0.15, 0.2) is 0 Å². The second kappa shape index (κ2) is 10.5. The van der Waals surface area contributed by atoms with Crippen molar-refractivity contribution in [3.8, 4) is 0 Å². The van der Waals surface area contributed by atoms with Crippen LogP contribution in [0.5, 0.6) is 0 Å². The highest BCUT2D eigenvalue weighted by Crippen LogP contribution is 2.39. The number of hydrogen-bond donors (Lipinski definition) is 4. The minimum absolute atomic E-state index is 0.357. The van der Waals surface area contributed by atoms with Crippen molar-refractivity contribution in [3.63, 3.8) is 0 Å². The zero-order valence-corrected chi connectivity index (χ0v) is 17.1. The molecule has 6 N–H and O–H groups in total. The van der Waals surface area contributed by atoms with Gasteiger partial charge in [0.1, 0.15) is 0 Å². The predicted octanol–water partition coefficient (Wildman–Crippen LogP) is 1.90. The molecule has 25 heavy (non-hydrogen) atoms. The van der Waals surface area contributed by atoms with E-state index in [9.17, 15) is 9.13 Å². The third-order valence-corrected chi connectivity index (χ3v) is 4.54. The Kier molecular flexibility index (Phi) is 10.5. The van der Waals surface area contributed by atoms with E-state index < -0.39 is 26.7 Å². The molecule has 2 unspecified atom stereocenters. The van der Waals surface area contributed by atoms with Gasteiger partial charge in [-0.25, -0.2) is 20.1 Å². The summed E-state index contributed by atoms with van der Waals surface area (Å²) in [4.78, 5) is 18.0. The van der Waals surface area contributed by atoms with Crippen LogP contribution in [0.2, 0.25) is 0 Å². The van der Waals surface area contributed by atoms with Crippen LogP contribution in [0.4, 0.5) is 0 Å². The highest BCUT2D eigenvalue weighted by Gasteiger charge is 2.28. The molecule has 0 aliphatic carbocycles. The van der Waals surface area contributed by atoms with E-state index in [-0.39, 0.29) is 0 Å². The summed E-state index contributed by atoms with van der Waals surface area (Å²) in [6.45, 7) is 8.27. The average Bonchev–Trinajstić information content (AvgIpc) is 2.30. The summed E-state index contributed by atoms with van der Waals surface area (Å²) in [6.07, 6.45) is 1.50. The van der Waals surface area contributed by atoms with Crippen LogP contribution in [0, 0.1) is 0 Å². The topological polar surface area (TPSA) is 164 Å². The molecule has 0 aromatic carbocycles. The summed E-state index contributed by atoms with van der Waals surface area (Å²) in [5.74, 6) is 0. The fraction of sp³-hybridized carbons (Fsp3) is 1.00. The Morgan fingerprint density at radius 2 is 1.08 bits per heavy atom. The molecule has 0 radical (unpaired) electrons. The predicted molar refractivity (Wildman–Crippen MR) is 93.8 cm³/mol. The Hall–Kier alpha value is 0.140. The van der Waals surface area contributed by atoms with Gasteiger partial charge in [0.05, 0.1) is 11.2 Å². The van der Waals surface area contributed by atoms with Crippen molar-refractivity contribution in [2.24, 2.45) is 11.0 Å². The standard InChI is InChI=1S/C13H32N2O8P2/c1-12(2,22-24(14,16)17)6-10-20-8-5-9-21-11-7-13(3,4)23-25(15,18)19/h5-11H2,1-4H3,(H3,14,16,17)(H3,15,18,19). The summed E-state index contributed by atoms with van der Waals surface area (Å²) in [5.41, 5.74) is 8.24. The molecule has 0 fully saturated rings. The maximum atomic E-state index is 11.0. The highest BCUT2D eigenvalue weighted by molar-refractivity contribution is 7.50. The number of rotatable bonds is 14. The smallest absolute Gasteiger partial charge is 0.381 e. The van der Waals surface area contributed by atoms with Gasteiger partial charge >= 0.3 is 15.5 Å². The number of nitrogens with two attached hydrogens (primary N) is 2. The lowest BCUT2D eigenvalue weighted by atomic mass is 10.1. The van der Waals surface area contributed by atoms with Crippen molar-refractivity contribution >= 4 is 15.5 Å². The molecule has 0 rings (SSSR count). The largest absolute Gasteiger partial charge is 0.400 e. The summed E-state index contributed by atoms with van der Waals surface area (Å²) in [7, 11) is -8.03. The maximum absolute atomic E-state index is 11.0. The highest BCUT2D eigenvalue weighted by atomic mass is 31.2. The van der Waals surface area contributed by atoms with Crippen molar-refractivity contribution in [3.05, 3.63) is 0 Å². The van der Waals surface area contributed by atoms with Gasteiger partial charge in [-0.15, -0.1) is 0 Å². The van der Waals surface area contributed by atoms with E-state index in [0.717, 1.165) is 0 Å². The van der Waals surface area contributed by atoms with Crippen LogP contribution in [-0.4, -0.2) is 47.4 Å². The van der Waals surface area contributed by atoms with E-state index in [1.165, 1.54) is 0 Å². The first kappa shape index (κ1) is 25.1. The van der Waals surface area contributed by atoms with Gasteiger partial charge in [0.2, 0.25) is 0 Å². The second-order valence-electron chi connectivity index (χ2n) is 6.91. The Bertz CT molecular complexity index is 433. The Morgan fingerprint density at radius 3 is 1.36 bits per heavy atom. The van der Waals surface area contributed by atoms with E-state index in [2.05, 4.69) is 0 Å². The lowest BCUT2D eigenvalue weighted by molar-refractivity contribution is 0.0208. The molecule has 0 aliphatic rings. The van der Waals surface area contributed by atoms with Gasteiger partial charge in [-0.3, -0.25) is 9.05 Å². The minimum atomic E-state index is -4.02. The van der Waals surface area contributed by atoms with Crippen LogP contribution in [0.25, 0.3) is 0 Å². The molecule has 10 nitrogen and oxygen atoms in total. The molecule has 152 valence electrons. The Labute approximate surface area is 149 Å². The van der Waals surface area contributed by atoms with Crippen molar-refractivity contribution in [2.45, 2.75) is 58.2 Å². The summed E-state index contributed by atoms with van der Waals surface area (Å²) in [5, 5.41) is 0. The van der Waals surface area contributed by atoms with Crippen LogP contribution in [0.1, 0.15) is 47.0 Å².